The van der Waals surface area contributed by atoms with Crippen LogP contribution in [0.25, 0.3) is 0 Å². The summed E-state index contributed by atoms with van der Waals surface area (Å²) in [5.41, 5.74) is 1.20. The molecule has 0 rings (SSSR count). The molecule has 1 heteroatoms. The Morgan fingerprint density at radius 1 is 1.29 bits per heavy atom. The largest absolute Gasteiger partial charge is 0.129 e. The van der Waals surface area contributed by atoms with Crippen molar-refractivity contribution >= 4 is 11.8 Å². The van der Waals surface area contributed by atoms with Crippen LogP contribution in [0.5, 0.6) is 0 Å². The van der Waals surface area contributed by atoms with E-state index in [1.54, 1.807) is 17.8 Å². The molecule has 0 unspecified atom stereocenters. The van der Waals surface area contributed by atoms with Gasteiger partial charge in [-0.3, -0.25) is 0 Å². The average Bonchev–Trinajstić information content (AvgIpc) is 2.26. The zero-order valence-electron chi connectivity index (χ0n) is 9.84. The lowest BCUT2D eigenvalue weighted by molar-refractivity contribution is 1.21. The topological polar surface area (TPSA) is 0 Å². The number of hydrogen-bond acceptors (Lipinski definition) is 1. The van der Waals surface area contributed by atoms with Gasteiger partial charge in [0.1, 0.15) is 0 Å². The van der Waals surface area contributed by atoms with Crippen molar-refractivity contribution in [1.29, 1.82) is 0 Å². The lowest BCUT2D eigenvalue weighted by Crippen LogP contribution is -1.80. The van der Waals surface area contributed by atoms with Gasteiger partial charge in [0, 0.05) is 4.91 Å². The number of allylic oxidation sites excluding steroid dienone is 5. The van der Waals surface area contributed by atoms with E-state index >= 15 is 0 Å². The maximum atomic E-state index is 3.77. The molecule has 0 amide bonds. The molecular weight excluding hydrogens is 188 g/mol. The summed E-state index contributed by atoms with van der Waals surface area (Å²) in [7, 11) is 0. The first-order valence-corrected chi connectivity index (χ1v) is 6.22. The van der Waals surface area contributed by atoms with Gasteiger partial charge in [-0.25, -0.2) is 0 Å². The monoisotopic (exact) mass is 210 g/mol. The predicted octanol–water partition coefficient (Wildman–Crippen LogP) is 4.97. The van der Waals surface area contributed by atoms with Crippen LogP contribution in [0.4, 0.5) is 0 Å². The molecule has 80 valence electrons. The summed E-state index contributed by atoms with van der Waals surface area (Å²) in [6.07, 6.45) is 11.0. The van der Waals surface area contributed by atoms with Crippen molar-refractivity contribution in [1.82, 2.24) is 0 Å². The van der Waals surface area contributed by atoms with Gasteiger partial charge in [0.05, 0.1) is 0 Å². The van der Waals surface area contributed by atoms with E-state index in [1.807, 2.05) is 26.0 Å². The highest BCUT2D eigenvalue weighted by Gasteiger charge is 1.96. The molecule has 0 atom stereocenters. The van der Waals surface area contributed by atoms with Crippen LogP contribution in [0.1, 0.15) is 27.2 Å². The Kier molecular flexibility index (Phi) is 13.9. The Morgan fingerprint density at radius 2 is 1.86 bits per heavy atom. The van der Waals surface area contributed by atoms with E-state index in [1.165, 1.54) is 10.5 Å². The minimum absolute atomic E-state index is 1.04. The van der Waals surface area contributed by atoms with Crippen LogP contribution in [0, 0.1) is 0 Å². The zero-order valence-corrected chi connectivity index (χ0v) is 10.7. The molecule has 0 saturated heterocycles. The fourth-order valence-electron chi connectivity index (χ4n) is 0.894. The normalized spacial score (nSPS) is 11.4. The molecular formula is C13H22S. The molecule has 0 heterocycles. The molecule has 0 aliphatic rings. The van der Waals surface area contributed by atoms with Crippen LogP contribution in [0.15, 0.2) is 47.9 Å². The molecule has 0 aromatic rings. The fourth-order valence-corrected chi connectivity index (χ4v) is 1.53. The van der Waals surface area contributed by atoms with Gasteiger partial charge >= 0.3 is 0 Å². The minimum atomic E-state index is 1.04. The molecule has 0 N–H and O–H groups in total. The number of rotatable bonds is 5. The Balaban J connectivity index is 0. The predicted molar refractivity (Wildman–Crippen MR) is 71.7 cm³/mol. The number of hydrogen-bond donors (Lipinski definition) is 0. The number of thioether (sulfide) groups is 1. The van der Waals surface area contributed by atoms with E-state index in [4.69, 9.17) is 0 Å². The molecule has 0 aromatic carbocycles. The lowest BCUT2D eigenvalue weighted by atomic mass is 10.2. The van der Waals surface area contributed by atoms with Gasteiger partial charge in [0.25, 0.3) is 0 Å². The Hall–Kier alpha value is -0.690. The van der Waals surface area contributed by atoms with E-state index in [-0.39, 0.29) is 0 Å². The van der Waals surface area contributed by atoms with Gasteiger partial charge in [-0.1, -0.05) is 52.2 Å². The SMILES string of the molecule is C=C/C=C(SC)\C(C=C)=C/CC.CC. The first-order chi connectivity index (χ1) is 6.79. The van der Waals surface area contributed by atoms with E-state index in [2.05, 4.69) is 32.4 Å². The quantitative estimate of drug-likeness (QED) is 0.577. The molecule has 0 aliphatic carbocycles. The second-order valence-electron chi connectivity index (χ2n) is 2.24. The van der Waals surface area contributed by atoms with E-state index < -0.39 is 0 Å². The van der Waals surface area contributed by atoms with Crippen molar-refractivity contribution in [2.24, 2.45) is 0 Å². The van der Waals surface area contributed by atoms with Crippen LogP contribution < -0.4 is 0 Å². The van der Waals surface area contributed by atoms with Gasteiger partial charge in [0.15, 0.2) is 0 Å². The van der Waals surface area contributed by atoms with Gasteiger partial charge < -0.3 is 0 Å². The zero-order chi connectivity index (χ0) is 11.4. The first kappa shape index (κ1) is 15.8. The van der Waals surface area contributed by atoms with Crippen LogP contribution in [-0.2, 0) is 0 Å². The molecule has 0 aliphatic heterocycles. The van der Waals surface area contributed by atoms with Crippen molar-refractivity contribution in [3.63, 3.8) is 0 Å². The van der Waals surface area contributed by atoms with Crippen molar-refractivity contribution in [2.75, 3.05) is 6.26 Å². The Labute approximate surface area is 93.5 Å². The van der Waals surface area contributed by atoms with Crippen LogP contribution in [-0.4, -0.2) is 6.26 Å². The first-order valence-electron chi connectivity index (χ1n) is 4.99. The van der Waals surface area contributed by atoms with Crippen molar-refractivity contribution in [3.8, 4) is 0 Å². The van der Waals surface area contributed by atoms with Crippen molar-refractivity contribution < 1.29 is 0 Å². The summed E-state index contributed by atoms with van der Waals surface area (Å²) in [5.74, 6) is 0. The summed E-state index contributed by atoms with van der Waals surface area (Å²) in [6.45, 7) is 13.6. The second kappa shape index (κ2) is 12.3. The van der Waals surface area contributed by atoms with Gasteiger partial charge in [-0.05, 0) is 24.3 Å². The van der Waals surface area contributed by atoms with Crippen LogP contribution in [0.2, 0.25) is 0 Å². The molecule has 0 saturated carbocycles. The summed E-state index contributed by atoms with van der Waals surface area (Å²) in [4.78, 5) is 1.22. The maximum Gasteiger partial charge on any atom is 0.0138 e. The molecule has 0 nitrogen and oxygen atoms in total. The summed E-state index contributed by atoms with van der Waals surface area (Å²) in [6, 6.07) is 0. The van der Waals surface area contributed by atoms with Crippen LogP contribution >= 0.6 is 11.8 Å². The van der Waals surface area contributed by atoms with Crippen molar-refractivity contribution in [3.05, 3.63) is 47.9 Å². The maximum absolute atomic E-state index is 3.77. The van der Waals surface area contributed by atoms with Gasteiger partial charge in [0.2, 0.25) is 0 Å². The van der Waals surface area contributed by atoms with Gasteiger partial charge in [-0.2, -0.15) is 0 Å². The lowest BCUT2D eigenvalue weighted by Gasteiger charge is -2.03. The summed E-state index contributed by atoms with van der Waals surface area (Å²) < 4.78 is 0. The Bertz CT molecular complexity index is 209. The standard InChI is InChI=1S/C11H16S.C2H6/c1-5-8-10(7-3)11(12-4)9-6-2;1-2/h6-9H,2-3,5H2,1,4H3;1-2H3/b10-8-,11-9+;. The molecule has 0 spiro atoms. The van der Waals surface area contributed by atoms with E-state index in [0.717, 1.165) is 6.42 Å². The molecule has 0 radical (unpaired) electrons. The second-order valence-corrected chi connectivity index (χ2v) is 3.09. The van der Waals surface area contributed by atoms with Gasteiger partial charge in [-0.15, -0.1) is 11.8 Å². The molecule has 0 bridgehead atoms. The third kappa shape index (κ3) is 6.79. The van der Waals surface area contributed by atoms with E-state index in [9.17, 15) is 0 Å². The van der Waals surface area contributed by atoms with Crippen molar-refractivity contribution in [2.45, 2.75) is 27.2 Å². The van der Waals surface area contributed by atoms with E-state index in [0.29, 0.717) is 0 Å². The highest BCUT2D eigenvalue weighted by molar-refractivity contribution is 8.02. The third-order valence-electron chi connectivity index (χ3n) is 1.42. The average molecular weight is 210 g/mol. The third-order valence-corrected chi connectivity index (χ3v) is 2.23. The highest BCUT2D eigenvalue weighted by atomic mass is 32.2. The Morgan fingerprint density at radius 3 is 2.14 bits per heavy atom. The molecule has 0 fully saturated rings. The highest BCUT2D eigenvalue weighted by Crippen LogP contribution is 2.22. The summed E-state index contributed by atoms with van der Waals surface area (Å²) >= 11 is 1.72. The molecule has 14 heavy (non-hydrogen) atoms. The van der Waals surface area contributed by atoms with Crippen LogP contribution in [0.3, 0.4) is 0 Å². The molecule has 0 aromatic heterocycles. The summed E-state index contributed by atoms with van der Waals surface area (Å²) in [5, 5.41) is 0. The fraction of sp³-hybridized carbons (Fsp3) is 0.385. The smallest absolute Gasteiger partial charge is 0.0138 e. The minimum Gasteiger partial charge on any atom is -0.129 e.